The third-order valence-electron chi connectivity index (χ3n) is 5.21. The van der Waals surface area contributed by atoms with Crippen LogP contribution in [0.25, 0.3) is 17.5 Å². The Morgan fingerprint density at radius 1 is 1.03 bits per heavy atom. The largest absolute Gasteiger partial charge is 0.497 e. The van der Waals surface area contributed by atoms with Crippen molar-refractivity contribution in [2.75, 3.05) is 14.2 Å². The predicted molar refractivity (Wildman–Crippen MR) is 122 cm³/mol. The highest BCUT2D eigenvalue weighted by Crippen LogP contribution is 2.36. The van der Waals surface area contributed by atoms with Crippen LogP contribution in [-0.2, 0) is 0 Å². The summed E-state index contributed by atoms with van der Waals surface area (Å²) in [4.78, 5) is 13.2. The van der Waals surface area contributed by atoms with Crippen LogP contribution in [0.5, 0.6) is 11.5 Å². The van der Waals surface area contributed by atoms with E-state index in [1.807, 2.05) is 18.2 Å². The lowest BCUT2D eigenvalue weighted by Gasteiger charge is -2.22. The number of thiazole rings is 1. The van der Waals surface area contributed by atoms with Crippen molar-refractivity contribution in [1.29, 1.82) is 10.5 Å². The summed E-state index contributed by atoms with van der Waals surface area (Å²) in [6, 6.07) is 18.7. The van der Waals surface area contributed by atoms with Gasteiger partial charge >= 0.3 is 0 Å². The Kier molecular flexibility index (Phi) is 5.55. The first-order valence-corrected chi connectivity index (χ1v) is 10.4. The van der Waals surface area contributed by atoms with Crippen LogP contribution in [-0.4, -0.2) is 18.8 Å². The summed E-state index contributed by atoms with van der Waals surface area (Å²) in [5.74, 6) is 0.592. The molecule has 2 heterocycles. The molecule has 1 aliphatic heterocycles. The van der Waals surface area contributed by atoms with Crippen molar-refractivity contribution >= 4 is 28.8 Å². The molecule has 1 aliphatic rings. The Morgan fingerprint density at radius 3 is 2.34 bits per heavy atom. The van der Waals surface area contributed by atoms with Crippen molar-refractivity contribution < 1.29 is 9.47 Å². The van der Waals surface area contributed by atoms with Gasteiger partial charge in [-0.15, -0.1) is 11.3 Å². The molecule has 0 bridgehead atoms. The SMILES string of the molecule is COc1cccc(/C=c2/sc3n(c2=O)C(N)=C(C#N)[C@@H](c2cccc(OC)c2)C=3C#N)c1. The van der Waals surface area contributed by atoms with E-state index in [-0.39, 0.29) is 22.5 Å². The van der Waals surface area contributed by atoms with E-state index in [1.54, 1.807) is 50.6 Å². The van der Waals surface area contributed by atoms with Crippen molar-refractivity contribution in [2.45, 2.75) is 5.92 Å². The number of methoxy groups -OCH3 is 2. The number of nitrogens with two attached hydrogens (primary N) is 1. The number of rotatable bonds is 4. The lowest BCUT2D eigenvalue weighted by molar-refractivity contribution is 0.414. The summed E-state index contributed by atoms with van der Waals surface area (Å²) in [7, 11) is 3.11. The molecular weight excluding hydrogens is 424 g/mol. The Balaban J connectivity index is 2.02. The van der Waals surface area contributed by atoms with Crippen LogP contribution in [0.15, 0.2) is 58.9 Å². The van der Waals surface area contributed by atoms with Crippen LogP contribution in [0.4, 0.5) is 0 Å². The quantitative estimate of drug-likeness (QED) is 0.660. The molecule has 1 atom stereocenters. The maximum Gasteiger partial charge on any atom is 0.274 e. The molecule has 0 saturated carbocycles. The van der Waals surface area contributed by atoms with Crippen molar-refractivity contribution in [1.82, 2.24) is 4.57 Å². The molecule has 0 aliphatic carbocycles. The van der Waals surface area contributed by atoms with Gasteiger partial charge in [-0.05, 0) is 41.5 Å². The first-order valence-electron chi connectivity index (χ1n) is 9.58. The second-order valence-corrected chi connectivity index (χ2v) is 8.01. The molecule has 2 aromatic carbocycles. The second kappa shape index (κ2) is 8.46. The second-order valence-electron chi connectivity index (χ2n) is 6.98. The minimum atomic E-state index is -0.692. The zero-order chi connectivity index (χ0) is 22.8. The van der Waals surface area contributed by atoms with Crippen LogP contribution in [0.1, 0.15) is 17.0 Å². The molecule has 158 valence electrons. The average molecular weight is 443 g/mol. The van der Waals surface area contributed by atoms with E-state index >= 15 is 0 Å². The molecule has 0 amide bonds. The van der Waals surface area contributed by atoms with Crippen LogP contribution in [0, 0.1) is 22.7 Å². The fraction of sp³-hybridized carbons (Fsp3) is 0.125. The zero-order valence-corrected chi connectivity index (χ0v) is 18.1. The number of hydrogen-bond acceptors (Lipinski definition) is 7. The van der Waals surface area contributed by atoms with Crippen LogP contribution in [0.2, 0.25) is 0 Å². The topological polar surface area (TPSA) is 114 Å². The van der Waals surface area contributed by atoms with Crippen molar-refractivity contribution in [3.05, 3.63) is 84.8 Å². The smallest absolute Gasteiger partial charge is 0.274 e. The van der Waals surface area contributed by atoms with E-state index in [2.05, 4.69) is 12.1 Å². The summed E-state index contributed by atoms with van der Waals surface area (Å²) in [6.07, 6.45) is 1.72. The number of nitrogens with zero attached hydrogens (tertiary/aromatic N) is 3. The first kappa shape index (κ1) is 21.0. The maximum atomic E-state index is 13.2. The van der Waals surface area contributed by atoms with Gasteiger partial charge in [-0.3, -0.25) is 9.36 Å². The average Bonchev–Trinajstić information content (AvgIpc) is 3.15. The predicted octanol–water partition coefficient (Wildman–Crippen LogP) is 1.88. The molecule has 0 unspecified atom stereocenters. The Morgan fingerprint density at radius 2 is 1.69 bits per heavy atom. The molecule has 3 aromatic rings. The molecular formula is C24H18N4O3S. The highest BCUT2D eigenvalue weighted by Gasteiger charge is 2.32. The number of nitriles is 2. The summed E-state index contributed by atoms with van der Waals surface area (Å²) in [5, 5.41) is 19.9. The van der Waals surface area contributed by atoms with Gasteiger partial charge in [0, 0.05) is 0 Å². The van der Waals surface area contributed by atoms with Crippen LogP contribution < -0.4 is 30.0 Å². The lowest BCUT2D eigenvalue weighted by Crippen LogP contribution is -2.38. The van der Waals surface area contributed by atoms with Crippen LogP contribution >= 0.6 is 11.3 Å². The molecule has 7 nitrogen and oxygen atoms in total. The van der Waals surface area contributed by atoms with Crippen molar-refractivity contribution in [3.63, 3.8) is 0 Å². The molecule has 0 saturated heterocycles. The molecule has 0 spiro atoms. The van der Waals surface area contributed by atoms with Gasteiger partial charge in [0.25, 0.3) is 5.56 Å². The van der Waals surface area contributed by atoms with E-state index < -0.39 is 5.92 Å². The van der Waals surface area contributed by atoms with E-state index in [1.165, 1.54) is 15.9 Å². The first-order chi connectivity index (χ1) is 15.5. The number of allylic oxidation sites excluding steroid dienone is 1. The molecule has 32 heavy (non-hydrogen) atoms. The fourth-order valence-corrected chi connectivity index (χ4v) is 4.82. The van der Waals surface area contributed by atoms with Gasteiger partial charge < -0.3 is 15.2 Å². The summed E-state index contributed by atoms with van der Waals surface area (Å²) >= 11 is 1.17. The van der Waals surface area contributed by atoms with Gasteiger partial charge in [0.2, 0.25) is 0 Å². The van der Waals surface area contributed by atoms with Gasteiger partial charge in [0.15, 0.2) is 0 Å². The molecule has 1 aromatic heterocycles. The third-order valence-corrected chi connectivity index (χ3v) is 6.32. The minimum Gasteiger partial charge on any atom is -0.497 e. The lowest BCUT2D eigenvalue weighted by atomic mass is 9.84. The van der Waals surface area contributed by atoms with Crippen molar-refractivity contribution in [3.8, 4) is 23.6 Å². The Labute approximate surface area is 187 Å². The van der Waals surface area contributed by atoms with Gasteiger partial charge in [0.05, 0.1) is 48.0 Å². The standard InChI is InChI=1S/C24H18N4O3S/c1-30-16-7-3-5-14(9-16)10-20-23(29)28-22(27)18(12-25)21(19(13-26)24(28)32-20)15-6-4-8-17(11-15)31-2/h3-11,21H,27H2,1-2H3/b20-10+/t21-/m1/s1. The van der Waals surface area contributed by atoms with Crippen molar-refractivity contribution in [2.24, 2.45) is 5.73 Å². The molecule has 4 rings (SSSR count). The van der Waals surface area contributed by atoms with Crippen LogP contribution in [0.3, 0.4) is 0 Å². The Bertz CT molecular complexity index is 1520. The highest BCUT2D eigenvalue weighted by atomic mass is 32.1. The monoisotopic (exact) mass is 442 g/mol. The highest BCUT2D eigenvalue weighted by molar-refractivity contribution is 7.07. The summed E-state index contributed by atoms with van der Waals surface area (Å²) in [5.41, 5.74) is 7.82. The molecule has 2 N–H and O–H groups in total. The normalized spacial score (nSPS) is 15.7. The van der Waals surface area contributed by atoms with Gasteiger partial charge in [-0.1, -0.05) is 24.3 Å². The van der Waals surface area contributed by atoms with Gasteiger partial charge in [0.1, 0.15) is 22.0 Å². The van der Waals surface area contributed by atoms with Gasteiger partial charge in [-0.25, -0.2) is 0 Å². The summed E-state index contributed by atoms with van der Waals surface area (Å²) < 4.78 is 12.6. The van der Waals surface area contributed by atoms with E-state index in [0.29, 0.717) is 26.3 Å². The summed E-state index contributed by atoms with van der Waals surface area (Å²) in [6.45, 7) is 0. The molecule has 0 radical (unpaired) electrons. The zero-order valence-electron chi connectivity index (χ0n) is 17.3. The Hall–Kier alpha value is -4.27. The van der Waals surface area contributed by atoms with E-state index in [9.17, 15) is 15.3 Å². The fourth-order valence-electron chi connectivity index (χ4n) is 3.69. The molecule has 8 heteroatoms. The van der Waals surface area contributed by atoms with Gasteiger partial charge in [-0.2, -0.15) is 10.5 Å². The number of fused-ring (bicyclic) bond motifs is 1. The number of benzene rings is 2. The number of ether oxygens (including phenoxy) is 2. The number of hydrogen-bond donors (Lipinski definition) is 1. The molecule has 0 fully saturated rings. The third kappa shape index (κ3) is 3.43. The maximum absolute atomic E-state index is 13.2. The minimum absolute atomic E-state index is 0.0286. The van der Waals surface area contributed by atoms with E-state index in [0.717, 1.165) is 5.56 Å². The number of aromatic nitrogens is 1. The van der Waals surface area contributed by atoms with E-state index in [4.69, 9.17) is 15.2 Å².